The van der Waals surface area contributed by atoms with Gasteiger partial charge >= 0.3 is 6.09 Å². The van der Waals surface area contributed by atoms with Crippen molar-refractivity contribution in [1.29, 1.82) is 0 Å². The van der Waals surface area contributed by atoms with Crippen molar-refractivity contribution in [3.8, 4) is 22.4 Å². The van der Waals surface area contributed by atoms with Gasteiger partial charge in [0.15, 0.2) is 0 Å². The van der Waals surface area contributed by atoms with Gasteiger partial charge in [-0.1, -0.05) is 60.7 Å². The molecule has 4 aromatic rings. The van der Waals surface area contributed by atoms with E-state index in [0.717, 1.165) is 44.4 Å². The molecule has 0 saturated carbocycles. The predicted molar refractivity (Wildman–Crippen MR) is 120 cm³/mol. The molecule has 1 atom stereocenters. The number of nitrogens with two attached hydrogens (primary N) is 1. The van der Waals surface area contributed by atoms with Crippen molar-refractivity contribution >= 4 is 17.0 Å². The Balaban J connectivity index is 1.80. The van der Waals surface area contributed by atoms with E-state index in [-0.39, 0.29) is 12.1 Å². The normalized spacial score (nSPS) is 15.1. The molecule has 0 bridgehead atoms. The minimum absolute atomic E-state index is 0.171. The van der Waals surface area contributed by atoms with Gasteiger partial charge in [0, 0.05) is 10.9 Å². The Morgan fingerprint density at radius 3 is 2.37 bits per heavy atom. The Bertz CT molecular complexity index is 1290. The second kappa shape index (κ2) is 6.57. The van der Waals surface area contributed by atoms with E-state index >= 15 is 0 Å². The summed E-state index contributed by atoms with van der Waals surface area (Å²) in [5.74, 6) is 0. The monoisotopic (exact) mass is 396 g/mol. The molecule has 0 spiro atoms. The number of nitrogens with zero attached hydrogens (tertiary/aromatic N) is 1. The third-order valence-electron chi connectivity index (χ3n) is 5.56. The zero-order chi connectivity index (χ0) is 21.0. The van der Waals surface area contributed by atoms with Crippen molar-refractivity contribution in [3.63, 3.8) is 0 Å². The van der Waals surface area contributed by atoms with Gasteiger partial charge in [-0.3, -0.25) is 0 Å². The van der Waals surface area contributed by atoms with Gasteiger partial charge < -0.3 is 10.5 Å². The smallest absolute Gasteiger partial charge is 0.419 e. The Hall–Kier alpha value is -3.37. The summed E-state index contributed by atoms with van der Waals surface area (Å²) in [6.07, 6.45) is -0.383. The fourth-order valence-corrected chi connectivity index (χ4v) is 4.36. The number of ether oxygens (including phenoxy) is 1. The number of fused-ring (bicyclic) bond motifs is 4. The van der Waals surface area contributed by atoms with Crippen molar-refractivity contribution in [2.45, 2.75) is 32.4 Å². The zero-order valence-electron chi connectivity index (χ0n) is 17.3. The van der Waals surface area contributed by atoms with Crippen LogP contribution in [0.4, 0.5) is 4.79 Å². The molecule has 4 nitrogen and oxygen atoms in total. The Morgan fingerprint density at radius 1 is 0.900 bits per heavy atom. The molecular formula is C26H24N2O2. The summed E-state index contributed by atoms with van der Waals surface area (Å²) in [6.45, 7) is 5.64. The van der Waals surface area contributed by atoms with Gasteiger partial charge in [0.1, 0.15) is 5.60 Å². The highest BCUT2D eigenvalue weighted by atomic mass is 16.6. The SMILES string of the molecule is CC(C)(C)OC(=O)n1c(-c2cccc3c2-c2ccccc2C3N)cc2ccccc21. The van der Waals surface area contributed by atoms with Gasteiger partial charge in [0.05, 0.1) is 17.3 Å². The lowest BCUT2D eigenvalue weighted by Crippen LogP contribution is -2.27. The number of carbonyl (C=O) groups is 1. The number of para-hydroxylation sites is 1. The van der Waals surface area contributed by atoms with E-state index in [2.05, 4.69) is 30.3 Å². The summed E-state index contributed by atoms with van der Waals surface area (Å²) in [7, 11) is 0. The molecule has 0 fully saturated rings. The number of benzene rings is 3. The lowest BCUT2D eigenvalue weighted by molar-refractivity contribution is 0.0547. The van der Waals surface area contributed by atoms with Gasteiger partial charge in [-0.15, -0.1) is 0 Å². The highest BCUT2D eigenvalue weighted by Gasteiger charge is 2.30. The van der Waals surface area contributed by atoms with Crippen LogP contribution in [0.5, 0.6) is 0 Å². The van der Waals surface area contributed by atoms with Gasteiger partial charge in [-0.2, -0.15) is 0 Å². The van der Waals surface area contributed by atoms with Gasteiger partial charge in [-0.05, 0) is 55.2 Å². The van der Waals surface area contributed by atoms with E-state index in [0.29, 0.717) is 0 Å². The van der Waals surface area contributed by atoms with E-state index in [4.69, 9.17) is 10.5 Å². The van der Waals surface area contributed by atoms with Crippen LogP contribution in [0.1, 0.15) is 37.9 Å². The maximum absolute atomic E-state index is 13.3. The first-order valence-corrected chi connectivity index (χ1v) is 10.2. The minimum atomic E-state index is -0.590. The van der Waals surface area contributed by atoms with Crippen molar-refractivity contribution in [2.75, 3.05) is 0 Å². The maximum atomic E-state index is 13.3. The lowest BCUT2D eigenvalue weighted by Gasteiger charge is -2.21. The topological polar surface area (TPSA) is 57.2 Å². The van der Waals surface area contributed by atoms with Crippen molar-refractivity contribution in [2.24, 2.45) is 5.73 Å². The highest BCUT2D eigenvalue weighted by Crippen LogP contribution is 2.47. The number of aromatic nitrogens is 1. The van der Waals surface area contributed by atoms with Crippen LogP contribution in [0, 0.1) is 0 Å². The van der Waals surface area contributed by atoms with Crippen LogP contribution in [-0.2, 0) is 4.74 Å². The highest BCUT2D eigenvalue weighted by molar-refractivity contribution is 6.00. The third kappa shape index (κ3) is 2.84. The van der Waals surface area contributed by atoms with Gasteiger partial charge in [-0.25, -0.2) is 9.36 Å². The largest absolute Gasteiger partial charge is 0.443 e. The first kappa shape index (κ1) is 18.6. The van der Waals surface area contributed by atoms with Crippen LogP contribution in [0.15, 0.2) is 72.8 Å². The first-order valence-electron chi connectivity index (χ1n) is 10.2. The molecule has 0 radical (unpaired) electrons. The second-order valence-electron chi connectivity index (χ2n) is 8.74. The van der Waals surface area contributed by atoms with Gasteiger partial charge in [0.25, 0.3) is 0 Å². The Labute approximate surface area is 175 Å². The van der Waals surface area contributed by atoms with E-state index < -0.39 is 5.60 Å². The lowest BCUT2D eigenvalue weighted by atomic mass is 9.97. The first-order chi connectivity index (χ1) is 14.3. The minimum Gasteiger partial charge on any atom is -0.443 e. The van der Waals surface area contributed by atoms with Crippen LogP contribution in [0.3, 0.4) is 0 Å². The van der Waals surface area contributed by atoms with Crippen LogP contribution < -0.4 is 5.73 Å². The zero-order valence-corrected chi connectivity index (χ0v) is 17.3. The fraction of sp³-hybridized carbons (Fsp3) is 0.192. The Morgan fingerprint density at radius 2 is 1.57 bits per heavy atom. The van der Waals surface area contributed by atoms with E-state index in [1.165, 1.54) is 0 Å². The molecular weight excluding hydrogens is 372 g/mol. The van der Waals surface area contributed by atoms with E-state index in [9.17, 15) is 4.79 Å². The predicted octanol–water partition coefficient (Wildman–Crippen LogP) is 6.12. The molecule has 4 heteroatoms. The molecule has 1 aromatic heterocycles. The standard InChI is InChI=1S/C26H24N2O2/c1-26(2,3)30-25(29)28-21-14-7-4-9-16(21)15-22(28)19-12-8-13-20-23(19)17-10-5-6-11-18(17)24(20)27/h4-15,24H,27H2,1-3H3. The molecule has 1 unspecified atom stereocenters. The van der Waals surface area contributed by atoms with Crippen molar-refractivity contribution < 1.29 is 9.53 Å². The van der Waals surface area contributed by atoms with Crippen LogP contribution in [-0.4, -0.2) is 16.3 Å². The molecule has 0 aliphatic heterocycles. The fourth-order valence-electron chi connectivity index (χ4n) is 4.36. The number of hydrogen-bond donors (Lipinski definition) is 1. The summed E-state index contributed by atoms with van der Waals surface area (Å²) in [5, 5.41) is 0.992. The summed E-state index contributed by atoms with van der Waals surface area (Å²) in [5.41, 5.74) is 13.0. The average molecular weight is 396 g/mol. The summed E-state index contributed by atoms with van der Waals surface area (Å²) in [6, 6.07) is 24.1. The molecule has 1 heterocycles. The van der Waals surface area contributed by atoms with Crippen molar-refractivity contribution in [3.05, 3.63) is 83.9 Å². The quantitative estimate of drug-likeness (QED) is 0.422. The summed E-state index contributed by atoms with van der Waals surface area (Å²) in [4.78, 5) is 13.3. The summed E-state index contributed by atoms with van der Waals surface area (Å²) < 4.78 is 7.44. The molecule has 1 aliphatic carbocycles. The number of rotatable bonds is 1. The van der Waals surface area contributed by atoms with Crippen molar-refractivity contribution in [1.82, 2.24) is 4.57 Å². The van der Waals surface area contributed by atoms with Crippen LogP contribution in [0.25, 0.3) is 33.3 Å². The molecule has 5 rings (SSSR count). The molecule has 30 heavy (non-hydrogen) atoms. The van der Waals surface area contributed by atoms with E-state index in [1.54, 1.807) is 4.57 Å². The average Bonchev–Trinajstić information content (AvgIpc) is 3.23. The van der Waals surface area contributed by atoms with Gasteiger partial charge in [0.2, 0.25) is 0 Å². The van der Waals surface area contributed by atoms with E-state index in [1.807, 2.05) is 63.2 Å². The van der Waals surface area contributed by atoms with Crippen LogP contribution >= 0.6 is 0 Å². The molecule has 0 amide bonds. The molecule has 2 N–H and O–H groups in total. The molecule has 1 aliphatic rings. The number of carbonyl (C=O) groups excluding carboxylic acids is 1. The molecule has 3 aromatic carbocycles. The molecule has 0 saturated heterocycles. The second-order valence-corrected chi connectivity index (χ2v) is 8.74. The number of hydrogen-bond acceptors (Lipinski definition) is 3. The summed E-state index contributed by atoms with van der Waals surface area (Å²) >= 11 is 0. The van der Waals surface area contributed by atoms with Crippen LogP contribution in [0.2, 0.25) is 0 Å². The third-order valence-corrected chi connectivity index (χ3v) is 5.56. The Kier molecular flexibility index (Phi) is 4.09. The molecule has 150 valence electrons. The maximum Gasteiger partial charge on any atom is 0.419 e.